The Morgan fingerprint density at radius 2 is 2.31 bits per heavy atom. The molecular formula is C12H13BrFNO. The summed E-state index contributed by atoms with van der Waals surface area (Å²) in [5, 5.41) is 2.65. The Morgan fingerprint density at radius 3 is 3.00 bits per heavy atom. The average molecular weight is 286 g/mol. The van der Waals surface area contributed by atoms with Crippen molar-refractivity contribution in [2.24, 2.45) is 0 Å². The Morgan fingerprint density at radius 1 is 1.56 bits per heavy atom. The van der Waals surface area contributed by atoms with Gasteiger partial charge in [0.1, 0.15) is 5.82 Å². The van der Waals surface area contributed by atoms with Crippen molar-refractivity contribution in [1.82, 2.24) is 5.32 Å². The van der Waals surface area contributed by atoms with E-state index in [0.29, 0.717) is 11.0 Å². The number of allylic oxidation sites excluding steroid dienone is 1. The second kappa shape index (κ2) is 6.43. The van der Waals surface area contributed by atoms with E-state index in [0.717, 1.165) is 6.42 Å². The first kappa shape index (κ1) is 12.9. The summed E-state index contributed by atoms with van der Waals surface area (Å²) in [5.74, 6) is -0.893. The monoisotopic (exact) mass is 285 g/mol. The maximum Gasteiger partial charge on any atom is 0.254 e. The predicted octanol–water partition coefficient (Wildman–Crippen LogP) is 3.28. The molecule has 1 rings (SSSR count). The van der Waals surface area contributed by atoms with Gasteiger partial charge in [-0.05, 0) is 31.5 Å². The van der Waals surface area contributed by atoms with Crippen LogP contribution in [-0.2, 0) is 0 Å². The van der Waals surface area contributed by atoms with Crippen molar-refractivity contribution in [3.63, 3.8) is 0 Å². The van der Waals surface area contributed by atoms with Gasteiger partial charge in [0.2, 0.25) is 0 Å². The molecule has 0 saturated heterocycles. The van der Waals surface area contributed by atoms with Crippen LogP contribution in [0.3, 0.4) is 0 Å². The smallest absolute Gasteiger partial charge is 0.254 e. The summed E-state index contributed by atoms with van der Waals surface area (Å²) >= 11 is 3.20. The molecule has 0 fully saturated rings. The van der Waals surface area contributed by atoms with Gasteiger partial charge in [-0.25, -0.2) is 4.39 Å². The van der Waals surface area contributed by atoms with Gasteiger partial charge in [-0.3, -0.25) is 4.79 Å². The molecule has 1 amide bonds. The first-order chi connectivity index (χ1) is 7.65. The first-order valence-corrected chi connectivity index (χ1v) is 5.79. The molecule has 0 unspecified atom stereocenters. The van der Waals surface area contributed by atoms with Crippen molar-refractivity contribution in [3.8, 4) is 0 Å². The number of carbonyl (C=O) groups excluding carboxylic acids is 1. The first-order valence-electron chi connectivity index (χ1n) is 4.99. The van der Waals surface area contributed by atoms with Gasteiger partial charge in [0.05, 0.1) is 5.56 Å². The molecule has 0 aromatic heterocycles. The van der Waals surface area contributed by atoms with Crippen LogP contribution in [0.1, 0.15) is 23.7 Å². The molecule has 16 heavy (non-hydrogen) atoms. The molecule has 1 N–H and O–H groups in total. The Kier molecular flexibility index (Phi) is 5.19. The standard InChI is InChI=1S/C12H13BrFNO/c1-2-3-4-7-15-12(16)10-8-9(13)5-6-11(10)14/h2-3,5-6,8H,4,7H2,1H3,(H,15,16)/b3-2+. The number of rotatable bonds is 4. The fraction of sp³-hybridized carbons (Fsp3) is 0.250. The lowest BCUT2D eigenvalue weighted by Crippen LogP contribution is -2.25. The van der Waals surface area contributed by atoms with Crippen LogP contribution < -0.4 is 5.32 Å². The largest absolute Gasteiger partial charge is 0.352 e. The summed E-state index contributed by atoms with van der Waals surface area (Å²) in [7, 11) is 0. The molecule has 0 aliphatic heterocycles. The third-order valence-corrected chi connectivity index (χ3v) is 2.50. The fourth-order valence-corrected chi connectivity index (χ4v) is 1.56. The fourth-order valence-electron chi connectivity index (χ4n) is 1.20. The lowest BCUT2D eigenvalue weighted by atomic mass is 10.2. The molecular weight excluding hydrogens is 273 g/mol. The molecule has 0 saturated carbocycles. The zero-order chi connectivity index (χ0) is 12.0. The third-order valence-electron chi connectivity index (χ3n) is 2.01. The van der Waals surface area contributed by atoms with E-state index < -0.39 is 5.82 Å². The molecule has 0 heterocycles. The molecule has 0 aliphatic carbocycles. The van der Waals surface area contributed by atoms with Crippen LogP contribution in [0.5, 0.6) is 0 Å². The Bertz CT molecular complexity index is 404. The highest BCUT2D eigenvalue weighted by atomic mass is 79.9. The average Bonchev–Trinajstić information content (AvgIpc) is 2.27. The summed E-state index contributed by atoms with van der Waals surface area (Å²) in [6.07, 6.45) is 4.60. The van der Waals surface area contributed by atoms with Crippen LogP contribution >= 0.6 is 15.9 Å². The van der Waals surface area contributed by atoms with Crippen LogP contribution in [0.25, 0.3) is 0 Å². The molecule has 0 bridgehead atoms. The van der Waals surface area contributed by atoms with Crippen molar-refractivity contribution in [2.75, 3.05) is 6.54 Å². The van der Waals surface area contributed by atoms with Crippen molar-refractivity contribution in [3.05, 3.63) is 46.2 Å². The van der Waals surface area contributed by atoms with E-state index in [4.69, 9.17) is 0 Å². The second-order valence-corrected chi connectivity index (χ2v) is 4.15. The highest BCUT2D eigenvalue weighted by molar-refractivity contribution is 9.10. The highest BCUT2D eigenvalue weighted by Gasteiger charge is 2.10. The normalized spacial score (nSPS) is 10.7. The lowest BCUT2D eigenvalue weighted by molar-refractivity contribution is 0.0950. The van der Waals surface area contributed by atoms with Crippen molar-refractivity contribution in [1.29, 1.82) is 0 Å². The van der Waals surface area contributed by atoms with E-state index in [9.17, 15) is 9.18 Å². The highest BCUT2D eigenvalue weighted by Crippen LogP contribution is 2.15. The van der Waals surface area contributed by atoms with Crippen LogP contribution in [-0.4, -0.2) is 12.5 Å². The maximum atomic E-state index is 13.3. The van der Waals surface area contributed by atoms with E-state index in [2.05, 4.69) is 21.2 Å². The van der Waals surface area contributed by atoms with Gasteiger partial charge in [-0.1, -0.05) is 28.1 Å². The van der Waals surface area contributed by atoms with E-state index in [1.807, 2.05) is 19.1 Å². The lowest BCUT2D eigenvalue weighted by Gasteiger charge is -2.05. The maximum absolute atomic E-state index is 13.3. The molecule has 1 aromatic carbocycles. The molecule has 0 atom stereocenters. The van der Waals surface area contributed by atoms with Gasteiger partial charge >= 0.3 is 0 Å². The Hall–Kier alpha value is -1.16. The van der Waals surface area contributed by atoms with E-state index in [1.54, 1.807) is 6.07 Å². The quantitative estimate of drug-likeness (QED) is 0.668. The number of halogens is 2. The molecule has 1 aromatic rings. The zero-order valence-corrected chi connectivity index (χ0v) is 10.6. The number of carbonyl (C=O) groups is 1. The number of nitrogens with one attached hydrogen (secondary N) is 1. The molecule has 0 aliphatic rings. The van der Waals surface area contributed by atoms with Gasteiger partial charge < -0.3 is 5.32 Å². The van der Waals surface area contributed by atoms with Gasteiger partial charge in [-0.2, -0.15) is 0 Å². The second-order valence-electron chi connectivity index (χ2n) is 3.24. The van der Waals surface area contributed by atoms with Gasteiger partial charge in [0.25, 0.3) is 5.91 Å². The Balaban J connectivity index is 2.62. The molecule has 0 radical (unpaired) electrons. The van der Waals surface area contributed by atoms with Gasteiger partial charge in [0, 0.05) is 11.0 Å². The summed E-state index contributed by atoms with van der Waals surface area (Å²) < 4.78 is 14.0. The summed E-state index contributed by atoms with van der Waals surface area (Å²) in [6, 6.07) is 4.30. The minimum atomic E-state index is -0.508. The minimum absolute atomic E-state index is 0.0647. The summed E-state index contributed by atoms with van der Waals surface area (Å²) in [5.41, 5.74) is 0.0647. The SMILES string of the molecule is C/C=C/CCNC(=O)c1cc(Br)ccc1F. The number of amides is 1. The zero-order valence-electron chi connectivity index (χ0n) is 8.97. The molecule has 86 valence electrons. The van der Waals surface area contributed by atoms with Crippen molar-refractivity contribution < 1.29 is 9.18 Å². The summed E-state index contributed by atoms with van der Waals surface area (Å²) in [4.78, 5) is 11.6. The topological polar surface area (TPSA) is 29.1 Å². The third kappa shape index (κ3) is 3.77. The van der Waals surface area contributed by atoms with E-state index in [1.165, 1.54) is 12.1 Å². The van der Waals surface area contributed by atoms with E-state index in [-0.39, 0.29) is 11.5 Å². The Labute approximate surface area is 103 Å². The van der Waals surface area contributed by atoms with Crippen molar-refractivity contribution in [2.45, 2.75) is 13.3 Å². The number of hydrogen-bond donors (Lipinski definition) is 1. The van der Waals surface area contributed by atoms with Crippen LogP contribution in [0.2, 0.25) is 0 Å². The molecule has 2 nitrogen and oxygen atoms in total. The number of hydrogen-bond acceptors (Lipinski definition) is 1. The van der Waals surface area contributed by atoms with Crippen LogP contribution in [0.4, 0.5) is 4.39 Å². The predicted molar refractivity (Wildman–Crippen MR) is 65.9 cm³/mol. The van der Waals surface area contributed by atoms with Crippen LogP contribution in [0, 0.1) is 5.82 Å². The van der Waals surface area contributed by atoms with E-state index >= 15 is 0 Å². The van der Waals surface area contributed by atoms with Gasteiger partial charge in [-0.15, -0.1) is 0 Å². The molecule has 4 heteroatoms. The summed E-state index contributed by atoms with van der Waals surface area (Å²) in [6.45, 7) is 2.42. The van der Waals surface area contributed by atoms with Gasteiger partial charge in [0.15, 0.2) is 0 Å². The van der Waals surface area contributed by atoms with Crippen LogP contribution in [0.15, 0.2) is 34.8 Å². The van der Waals surface area contributed by atoms with Crippen molar-refractivity contribution >= 4 is 21.8 Å². The number of benzene rings is 1. The molecule has 0 spiro atoms. The minimum Gasteiger partial charge on any atom is -0.352 e.